The zero-order valence-electron chi connectivity index (χ0n) is 19.0. The number of hydrogen-bond donors (Lipinski definition) is 2. The van der Waals surface area contributed by atoms with Crippen LogP contribution in [0.5, 0.6) is 11.5 Å². The Bertz CT molecular complexity index is 898. The van der Waals surface area contributed by atoms with Crippen LogP contribution in [0.2, 0.25) is 0 Å². The third-order valence-corrected chi connectivity index (χ3v) is 5.86. The summed E-state index contributed by atoms with van der Waals surface area (Å²) in [6.07, 6.45) is 2.86. The number of alkyl halides is 1. The summed E-state index contributed by atoms with van der Waals surface area (Å²) < 4.78 is 37.9. The lowest BCUT2D eigenvalue weighted by atomic mass is 9.78. The SMILES string of the molecule is CC(C)(c1ccc(OCCCN(N)/C=C(\N)CSF)cc1)c1ccc(OCCCCl)c(F)c1. The van der Waals surface area contributed by atoms with Gasteiger partial charge in [-0.15, -0.1) is 11.6 Å². The van der Waals surface area contributed by atoms with Gasteiger partial charge in [-0.05, 0) is 41.8 Å². The van der Waals surface area contributed by atoms with E-state index in [9.17, 15) is 8.28 Å². The van der Waals surface area contributed by atoms with Gasteiger partial charge in [0.1, 0.15) is 5.75 Å². The Hall–Kier alpha value is -2.16. The van der Waals surface area contributed by atoms with E-state index in [4.69, 9.17) is 32.7 Å². The summed E-state index contributed by atoms with van der Waals surface area (Å²) in [4.78, 5) is 0. The topological polar surface area (TPSA) is 73.7 Å². The Morgan fingerprint density at radius 3 is 2.39 bits per heavy atom. The van der Waals surface area contributed by atoms with Gasteiger partial charge in [0.25, 0.3) is 0 Å². The minimum absolute atomic E-state index is 0.0893. The van der Waals surface area contributed by atoms with Crippen LogP contribution in [0.1, 0.15) is 37.8 Å². The Labute approximate surface area is 204 Å². The molecule has 9 heteroatoms. The van der Waals surface area contributed by atoms with Crippen molar-refractivity contribution in [3.63, 3.8) is 0 Å². The molecule has 0 spiro atoms. The molecule has 0 aromatic heterocycles. The second kappa shape index (κ2) is 13.5. The van der Waals surface area contributed by atoms with E-state index in [-0.39, 0.29) is 29.5 Å². The summed E-state index contributed by atoms with van der Waals surface area (Å²) in [7, 11) is 0. The molecule has 0 atom stereocenters. The number of benzene rings is 2. The van der Waals surface area contributed by atoms with Crippen LogP contribution in [0, 0.1) is 5.82 Å². The number of ether oxygens (including phenoxy) is 2. The first kappa shape index (κ1) is 27.1. The van der Waals surface area contributed by atoms with Crippen LogP contribution in [0.15, 0.2) is 54.4 Å². The third kappa shape index (κ3) is 8.61. The van der Waals surface area contributed by atoms with E-state index >= 15 is 0 Å². The lowest BCUT2D eigenvalue weighted by Crippen LogP contribution is -2.28. The Balaban J connectivity index is 1.91. The Kier molecular flexibility index (Phi) is 11.1. The third-order valence-electron chi connectivity index (χ3n) is 5.15. The van der Waals surface area contributed by atoms with Gasteiger partial charge < -0.3 is 20.2 Å². The van der Waals surface area contributed by atoms with E-state index in [2.05, 4.69) is 0 Å². The molecule has 2 rings (SSSR count). The van der Waals surface area contributed by atoms with E-state index in [1.807, 2.05) is 44.2 Å². The maximum atomic E-state index is 14.5. The molecule has 0 aliphatic carbocycles. The number of hydrogen-bond acceptors (Lipinski definition) is 6. The fourth-order valence-corrected chi connectivity index (χ4v) is 3.50. The summed E-state index contributed by atoms with van der Waals surface area (Å²) in [5.74, 6) is 6.96. The van der Waals surface area contributed by atoms with Gasteiger partial charge in [0, 0.05) is 36.2 Å². The normalized spacial score (nSPS) is 12.0. The van der Waals surface area contributed by atoms with E-state index in [1.165, 1.54) is 17.3 Å². The van der Waals surface area contributed by atoms with Crippen molar-refractivity contribution in [2.45, 2.75) is 32.1 Å². The number of halogens is 3. The molecule has 4 N–H and O–H groups in total. The predicted molar refractivity (Wildman–Crippen MR) is 133 cm³/mol. The van der Waals surface area contributed by atoms with Gasteiger partial charge in [0.05, 0.1) is 31.1 Å². The summed E-state index contributed by atoms with van der Waals surface area (Å²) in [6, 6.07) is 12.8. The molecule has 0 amide bonds. The smallest absolute Gasteiger partial charge is 0.165 e. The maximum absolute atomic E-state index is 14.5. The number of hydrazine groups is 1. The molecule has 2 aromatic rings. The molecule has 33 heavy (non-hydrogen) atoms. The summed E-state index contributed by atoms with van der Waals surface area (Å²) in [5.41, 5.74) is 7.48. The van der Waals surface area contributed by atoms with E-state index < -0.39 is 5.41 Å². The Morgan fingerprint density at radius 2 is 1.76 bits per heavy atom. The molecule has 0 aliphatic rings. The van der Waals surface area contributed by atoms with Crippen molar-refractivity contribution in [2.75, 3.05) is 31.4 Å². The molecule has 5 nitrogen and oxygen atoms in total. The largest absolute Gasteiger partial charge is 0.494 e. The van der Waals surface area contributed by atoms with E-state index in [1.54, 1.807) is 6.07 Å². The molecule has 0 fully saturated rings. The molecule has 0 saturated heterocycles. The average molecular weight is 500 g/mol. The first-order valence-electron chi connectivity index (χ1n) is 10.7. The van der Waals surface area contributed by atoms with Crippen LogP contribution in [0.25, 0.3) is 0 Å². The highest BCUT2D eigenvalue weighted by Gasteiger charge is 2.24. The lowest BCUT2D eigenvalue weighted by molar-refractivity contribution is 0.278. The molecular weight excluding hydrogens is 468 g/mol. The zero-order chi connectivity index (χ0) is 24.3. The van der Waals surface area contributed by atoms with Crippen LogP contribution in [0.3, 0.4) is 0 Å². The molecular formula is C24H32ClF2N3O2S. The quantitative estimate of drug-likeness (QED) is 0.154. The zero-order valence-corrected chi connectivity index (χ0v) is 20.6. The van der Waals surface area contributed by atoms with Crippen molar-refractivity contribution in [2.24, 2.45) is 11.6 Å². The van der Waals surface area contributed by atoms with Crippen molar-refractivity contribution < 1.29 is 17.7 Å². The number of nitrogens with two attached hydrogens (primary N) is 2. The Morgan fingerprint density at radius 1 is 1.09 bits per heavy atom. The standard InChI is InChI=1S/C24H32ClF2N3O2S/c1-24(2,19-7-10-23(22(26)15-19)32-13-3-11-25)18-5-8-21(9-6-18)31-14-4-12-30(29)16-20(28)17-33-27/h5-10,15-16H,3-4,11-14,17,28-29H2,1-2H3/b20-16-. The van der Waals surface area contributed by atoms with Crippen molar-refractivity contribution in [1.82, 2.24) is 5.01 Å². The molecule has 0 radical (unpaired) electrons. The van der Waals surface area contributed by atoms with Crippen LogP contribution in [0.4, 0.5) is 8.28 Å². The van der Waals surface area contributed by atoms with Gasteiger partial charge in [-0.1, -0.05) is 32.0 Å². The number of rotatable bonds is 14. The highest BCUT2D eigenvalue weighted by atomic mass is 35.5. The highest BCUT2D eigenvalue weighted by molar-refractivity contribution is 7.94. The van der Waals surface area contributed by atoms with Crippen LogP contribution in [-0.4, -0.2) is 36.4 Å². The van der Waals surface area contributed by atoms with Crippen LogP contribution in [-0.2, 0) is 5.41 Å². The predicted octanol–water partition coefficient (Wildman–Crippen LogP) is 5.52. The summed E-state index contributed by atoms with van der Waals surface area (Å²) >= 11 is 5.79. The van der Waals surface area contributed by atoms with Crippen molar-refractivity contribution in [3.8, 4) is 11.5 Å². The highest BCUT2D eigenvalue weighted by Crippen LogP contribution is 2.34. The maximum Gasteiger partial charge on any atom is 0.165 e. The minimum atomic E-state index is -0.405. The number of nitrogens with zero attached hydrogens (tertiary/aromatic N) is 1. The molecule has 0 heterocycles. The minimum Gasteiger partial charge on any atom is -0.494 e. The molecule has 2 aromatic carbocycles. The second-order valence-electron chi connectivity index (χ2n) is 8.08. The fraction of sp³-hybridized carbons (Fsp3) is 0.417. The first-order chi connectivity index (χ1) is 15.8. The van der Waals surface area contributed by atoms with Crippen molar-refractivity contribution in [1.29, 1.82) is 0 Å². The van der Waals surface area contributed by atoms with Gasteiger partial charge in [-0.3, -0.25) is 0 Å². The average Bonchev–Trinajstić information content (AvgIpc) is 2.78. The van der Waals surface area contributed by atoms with Gasteiger partial charge >= 0.3 is 0 Å². The van der Waals surface area contributed by atoms with Gasteiger partial charge in [0.2, 0.25) is 0 Å². The van der Waals surface area contributed by atoms with Gasteiger partial charge in [-0.2, -0.15) is 3.89 Å². The van der Waals surface area contributed by atoms with Crippen molar-refractivity contribution in [3.05, 3.63) is 71.3 Å². The van der Waals surface area contributed by atoms with Crippen LogP contribution < -0.4 is 21.1 Å². The first-order valence-corrected chi connectivity index (χ1v) is 12.1. The van der Waals surface area contributed by atoms with Gasteiger partial charge in [0.15, 0.2) is 11.6 Å². The van der Waals surface area contributed by atoms with Gasteiger partial charge in [-0.25, -0.2) is 10.2 Å². The molecule has 0 unspecified atom stereocenters. The molecule has 0 aliphatic heterocycles. The molecule has 0 bridgehead atoms. The molecule has 182 valence electrons. The van der Waals surface area contributed by atoms with E-state index in [0.29, 0.717) is 44.2 Å². The summed E-state index contributed by atoms with van der Waals surface area (Å²) in [5, 5.41) is 1.42. The molecule has 0 saturated carbocycles. The van der Waals surface area contributed by atoms with Crippen LogP contribution >= 0.6 is 23.7 Å². The van der Waals surface area contributed by atoms with Crippen molar-refractivity contribution >= 4 is 23.7 Å². The monoisotopic (exact) mass is 499 g/mol. The fourth-order valence-electron chi connectivity index (χ4n) is 3.19. The lowest BCUT2D eigenvalue weighted by Gasteiger charge is -2.26. The second-order valence-corrected chi connectivity index (χ2v) is 8.97. The summed E-state index contributed by atoms with van der Waals surface area (Å²) in [6.45, 7) is 5.47. The van der Waals surface area contributed by atoms with E-state index in [0.717, 1.165) is 16.9 Å².